The molecular weight excluding hydrogens is 402 g/mol. The Hall–Kier alpha value is -3.92. The number of carbonyl (C=O) groups excluding carboxylic acids is 2. The molecule has 0 bridgehead atoms. The summed E-state index contributed by atoms with van der Waals surface area (Å²) in [7, 11) is 0. The second-order valence-corrected chi connectivity index (χ2v) is 7.24. The minimum atomic E-state index is -0.197. The van der Waals surface area contributed by atoms with E-state index >= 15 is 0 Å². The van der Waals surface area contributed by atoms with Crippen LogP contribution in [0.1, 0.15) is 11.3 Å². The average molecular weight is 419 g/mol. The fourth-order valence-electron chi connectivity index (χ4n) is 2.74. The summed E-state index contributed by atoms with van der Waals surface area (Å²) in [5.41, 5.74) is 2.96. The van der Waals surface area contributed by atoms with Crippen LogP contribution in [0.5, 0.6) is 0 Å². The van der Waals surface area contributed by atoms with Crippen molar-refractivity contribution in [3.63, 3.8) is 0 Å². The van der Waals surface area contributed by atoms with Crippen molar-refractivity contribution in [1.29, 1.82) is 0 Å². The van der Waals surface area contributed by atoms with Gasteiger partial charge in [-0.15, -0.1) is 16.4 Å². The van der Waals surface area contributed by atoms with Gasteiger partial charge in [0.1, 0.15) is 6.33 Å². The highest BCUT2D eigenvalue weighted by atomic mass is 32.1. The lowest BCUT2D eigenvalue weighted by Crippen LogP contribution is -2.16. The number of amides is 2. The molecule has 2 amide bonds. The predicted molar refractivity (Wildman–Crippen MR) is 112 cm³/mol. The normalized spacial score (nSPS) is 10.5. The van der Waals surface area contributed by atoms with E-state index in [-0.39, 0.29) is 24.7 Å². The van der Waals surface area contributed by atoms with E-state index in [0.717, 1.165) is 11.3 Å². The van der Waals surface area contributed by atoms with Crippen molar-refractivity contribution in [2.24, 2.45) is 0 Å². The van der Waals surface area contributed by atoms with Crippen molar-refractivity contribution >= 4 is 34.0 Å². The Balaban J connectivity index is 1.29. The van der Waals surface area contributed by atoms with Crippen LogP contribution in [0.25, 0.3) is 5.69 Å². The summed E-state index contributed by atoms with van der Waals surface area (Å²) >= 11 is 1.29. The zero-order valence-electron chi connectivity index (χ0n) is 15.7. The number of benzene rings is 2. The molecule has 4 rings (SSSR count). The molecule has 0 radical (unpaired) electrons. The molecule has 0 fully saturated rings. The van der Waals surface area contributed by atoms with E-state index in [9.17, 15) is 9.59 Å². The molecule has 2 aromatic carbocycles. The van der Waals surface area contributed by atoms with Crippen molar-refractivity contribution in [1.82, 2.24) is 25.2 Å². The SMILES string of the molecule is O=C(Cc1csc(NC(=O)Cc2ccccc2)n1)Nc1ccc(-n2cnnn2)cc1. The van der Waals surface area contributed by atoms with Gasteiger partial charge in [0.15, 0.2) is 5.13 Å². The first-order valence-electron chi connectivity index (χ1n) is 9.07. The number of tetrazole rings is 1. The number of carbonyl (C=O) groups is 2. The molecule has 0 spiro atoms. The van der Waals surface area contributed by atoms with E-state index in [0.29, 0.717) is 16.5 Å². The van der Waals surface area contributed by atoms with Crippen molar-refractivity contribution in [2.45, 2.75) is 12.8 Å². The summed E-state index contributed by atoms with van der Waals surface area (Å²) in [5.74, 6) is -0.341. The van der Waals surface area contributed by atoms with Crippen LogP contribution in [-0.2, 0) is 22.4 Å². The molecule has 2 N–H and O–H groups in total. The van der Waals surface area contributed by atoms with E-state index in [1.165, 1.54) is 22.3 Å². The Morgan fingerprint density at radius 3 is 2.43 bits per heavy atom. The summed E-state index contributed by atoms with van der Waals surface area (Å²) in [6, 6.07) is 16.6. The molecular formula is C20H17N7O2S. The zero-order chi connectivity index (χ0) is 20.8. The van der Waals surface area contributed by atoms with E-state index in [1.807, 2.05) is 30.3 Å². The van der Waals surface area contributed by atoms with Crippen LogP contribution < -0.4 is 10.6 Å². The van der Waals surface area contributed by atoms with Crippen molar-refractivity contribution < 1.29 is 9.59 Å². The Morgan fingerprint density at radius 1 is 0.933 bits per heavy atom. The third-order valence-electron chi connectivity index (χ3n) is 4.11. The molecule has 0 saturated carbocycles. The van der Waals surface area contributed by atoms with Gasteiger partial charge in [-0.2, -0.15) is 0 Å². The highest BCUT2D eigenvalue weighted by Crippen LogP contribution is 2.17. The largest absolute Gasteiger partial charge is 0.326 e. The van der Waals surface area contributed by atoms with Crippen molar-refractivity contribution in [3.05, 3.63) is 77.6 Å². The molecule has 0 aliphatic heterocycles. The summed E-state index contributed by atoms with van der Waals surface area (Å²) in [4.78, 5) is 28.7. The highest BCUT2D eigenvalue weighted by Gasteiger charge is 2.11. The molecule has 30 heavy (non-hydrogen) atoms. The number of nitrogens with one attached hydrogen (secondary N) is 2. The number of hydrogen-bond donors (Lipinski definition) is 2. The summed E-state index contributed by atoms with van der Waals surface area (Å²) in [6.45, 7) is 0. The van der Waals surface area contributed by atoms with Crippen molar-refractivity contribution in [3.8, 4) is 5.69 Å². The molecule has 0 unspecified atom stereocenters. The maximum absolute atomic E-state index is 12.3. The van der Waals surface area contributed by atoms with Crippen LogP contribution >= 0.6 is 11.3 Å². The molecule has 9 nitrogen and oxygen atoms in total. The Kier molecular flexibility index (Phi) is 5.85. The first kappa shape index (κ1) is 19.4. The molecule has 0 saturated heterocycles. The third kappa shape index (κ3) is 5.11. The summed E-state index contributed by atoms with van der Waals surface area (Å²) in [5, 5.41) is 18.8. The highest BCUT2D eigenvalue weighted by molar-refractivity contribution is 7.13. The van der Waals surface area contributed by atoms with Gasteiger partial charge in [0.2, 0.25) is 11.8 Å². The fourth-order valence-corrected chi connectivity index (χ4v) is 3.46. The van der Waals surface area contributed by atoms with Crippen LogP contribution in [-0.4, -0.2) is 37.0 Å². The molecule has 2 heterocycles. The zero-order valence-corrected chi connectivity index (χ0v) is 16.5. The number of rotatable bonds is 7. The van der Waals surface area contributed by atoms with E-state index in [1.54, 1.807) is 29.6 Å². The van der Waals surface area contributed by atoms with E-state index in [4.69, 9.17) is 0 Å². The van der Waals surface area contributed by atoms with Crippen LogP contribution in [0.4, 0.5) is 10.8 Å². The average Bonchev–Trinajstić information content (AvgIpc) is 3.42. The van der Waals surface area contributed by atoms with Gasteiger partial charge in [-0.05, 0) is 40.3 Å². The second-order valence-electron chi connectivity index (χ2n) is 6.38. The van der Waals surface area contributed by atoms with Gasteiger partial charge < -0.3 is 10.6 Å². The quantitative estimate of drug-likeness (QED) is 0.476. The minimum Gasteiger partial charge on any atom is -0.326 e. The van der Waals surface area contributed by atoms with Gasteiger partial charge in [0, 0.05) is 11.1 Å². The Bertz CT molecular complexity index is 1130. The van der Waals surface area contributed by atoms with Crippen LogP contribution in [0, 0.1) is 0 Å². The molecule has 10 heteroatoms. The topological polar surface area (TPSA) is 115 Å². The third-order valence-corrected chi connectivity index (χ3v) is 4.92. The standard InChI is InChI=1S/C20H17N7O2S/c28-18(10-14-4-2-1-3-5-14)24-20-23-16(12-30-20)11-19(29)22-15-6-8-17(9-7-15)27-13-21-25-26-27/h1-9,12-13H,10-11H2,(H,22,29)(H,23,24,28). The Morgan fingerprint density at radius 2 is 1.70 bits per heavy atom. The van der Waals surface area contributed by atoms with Gasteiger partial charge in [-0.1, -0.05) is 30.3 Å². The van der Waals surface area contributed by atoms with Gasteiger partial charge in [-0.25, -0.2) is 9.67 Å². The lowest BCUT2D eigenvalue weighted by Gasteiger charge is -2.05. The van der Waals surface area contributed by atoms with Gasteiger partial charge in [0.25, 0.3) is 0 Å². The Labute approximate surface area is 175 Å². The van der Waals surface area contributed by atoms with Gasteiger partial charge in [-0.3, -0.25) is 9.59 Å². The monoisotopic (exact) mass is 419 g/mol. The second kappa shape index (κ2) is 9.05. The number of hydrogen-bond acceptors (Lipinski definition) is 7. The van der Waals surface area contributed by atoms with Gasteiger partial charge in [0.05, 0.1) is 24.2 Å². The van der Waals surface area contributed by atoms with Crippen molar-refractivity contribution in [2.75, 3.05) is 10.6 Å². The smallest absolute Gasteiger partial charge is 0.230 e. The summed E-state index contributed by atoms with van der Waals surface area (Å²) < 4.78 is 1.52. The molecule has 0 aliphatic carbocycles. The molecule has 4 aromatic rings. The minimum absolute atomic E-state index is 0.111. The summed E-state index contributed by atoms with van der Waals surface area (Å²) in [6.07, 6.45) is 1.88. The maximum atomic E-state index is 12.3. The predicted octanol–water partition coefficient (Wildman–Crippen LogP) is 2.48. The number of aromatic nitrogens is 5. The molecule has 150 valence electrons. The van der Waals surface area contributed by atoms with Gasteiger partial charge >= 0.3 is 0 Å². The lowest BCUT2D eigenvalue weighted by atomic mass is 10.1. The number of thiazole rings is 1. The van der Waals surface area contributed by atoms with Crippen LogP contribution in [0.3, 0.4) is 0 Å². The lowest BCUT2D eigenvalue weighted by molar-refractivity contribution is -0.116. The first-order valence-corrected chi connectivity index (χ1v) is 9.95. The molecule has 0 atom stereocenters. The first-order chi connectivity index (χ1) is 14.7. The molecule has 2 aromatic heterocycles. The van der Waals surface area contributed by atoms with E-state index < -0.39 is 0 Å². The molecule has 0 aliphatic rings. The van der Waals surface area contributed by atoms with Crippen LogP contribution in [0.2, 0.25) is 0 Å². The van der Waals surface area contributed by atoms with E-state index in [2.05, 4.69) is 31.1 Å². The van der Waals surface area contributed by atoms with Crippen LogP contribution in [0.15, 0.2) is 66.3 Å². The number of anilines is 2. The fraction of sp³-hybridized carbons (Fsp3) is 0.100. The maximum Gasteiger partial charge on any atom is 0.230 e. The number of nitrogens with zero attached hydrogens (tertiary/aromatic N) is 5.